The lowest BCUT2D eigenvalue weighted by molar-refractivity contribution is 0.751. The maximum Gasteiger partial charge on any atom is 0.0994 e. The van der Waals surface area contributed by atoms with Crippen molar-refractivity contribution in [1.82, 2.24) is 9.55 Å². The standard InChI is InChI=1S/C12H14BrN3/c1-8-10(13)4-3-5-11(8)16-7-15-6-12(16)9(2)14/h3-7,9H,14H2,1-2H3. The first kappa shape index (κ1) is 11.4. The average molecular weight is 280 g/mol. The minimum absolute atomic E-state index is 0.0270. The Hall–Kier alpha value is -1.13. The first-order chi connectivity index (χ1) is 7.61. The van der Waals surface area contributed by atoms with Gasteiger partial charge in [0.25, 0.3) is 0 Å². The Morgan fingerprint density at radius 3 is 2.88 bits per heavy atom. The fourth-order valence-corrected chi connectivity index (χ4v) is 2.06. The van der Waals surface area contributed by atoms with Crippen molar-refractivity contribution in [1.29, 1.82) is 0 Å². The predicted octanol–water partition coefficient (Wildman–Crippen LogP) is 2.96. The SMILES string of the molecule is Cc1c(Br)cccc1-n1cncc1C(C)N. The van der Waals surface area contributed by atoms with Crippen LogP contribution in [0.4, 0.5) is 0 Å². The monoisotopic (exact) mass is 279 g/mol. The number of nitrogens with zero attached hydrogens (tertiary/aromatic N) is 2. The van der Waals surface area contributed by atoms with Gasteiger partial charge in [0.1, 0.15) is 0 Å². The Morgan fingerprint density at radius 2 is 2.19 bits per heavy atom. The van der Waals surface area contributed by atoms with Gasteiger partial charge in [0.15, 0.2) is 0 Å². The Morgan fingerprint density at radius 1 is 1.44 bits per heavy atom. The van der Waals surface area contributed by atoms with Gasteiger partial charge in [0.2, 0.25) is 0 Å². The zero-order valence-electron chi connectivity index (χ0n) is 9.31. The molecular formula is C12H14BrN3. The second-order valence-corrected chi connectivity index (χ2v) is 4.72. The molecule has 0 aliphatic rings. The van der Waals surface area contributed by atoms with Crippen LogP contribution in [0.15, 0.2) is 35.2 Å². The van der Waals surface area contributed by atoms with Gasteiger partial charge < -0.3 is 10.3 Å². The van der Waals surface area contributed by atoms with Crippen LogP contribution in [0.3, 0.4) is 0 Å². The second kappa shape index (κ2) is 4.39. The smallest absolute Gasteiger partial charge is 0.0994 e. The normalized spacial score (nSPS) is 12.8. The second-order valence-electron chi connectivity index (χ2n) is 3.86. The van der Waals surface area contributed by atoms with E-state index in [0.717, 1.165) is 15.9 Å². The third-order valence-corrected chi connectivity index (χ3v) is 3.49. The van der Waals surface area contributed by atoms with Gasteiger partial charge in [0.05, 0.1) is 23.9 Å². The molecule has 1 aromatic carbocycles. The Labute approximate surface area is 103 Å². The highest BCUT2D eigenvalue weighted by molar-refractivity contribution is 9.10. The van der Waals surface area contributed by atoms with Crippen molar-refractivity contribution in [3.63, 3.8) is 0 Å². The maximum atomic E-state index is 5.91. The van der Waals surface area contributed by atoms with E-state index in [4.69, 9.17) is 5.73 Å². The molecule has 1 atom stereocenters. The van der Waals surface area contributed by atoms with Crippen molar-refractivity contribution in [2.45, 2.75) is 19.9 Å². The third-order valence-electron chi connectivity index (χ3n) is 2.63. The van der Waals surface area contributed by atoms with Crippen LogP contribution >= 0.6 is 15.9 Å². The summed E-state index contributed by atoms with van der Waals surface area (Å²) in [5, 5.41) is 0. The molecule has 0 fully saturated rings. The summed E-state index contributed by atoms with van der Waals surface area (Å²) >= 11 is 3.53. The molecule has 0 bridgehead atoms. The summed E-state index contributed by atoms with van der Waals surface area (Å²) in [5.41, 5.74) is 9.22. The molecule has 0 saturated heterocycles. The van der Waals surface area contributed by atoms with E-state index in [-0.39, 0.29) is 6.04 Å². The number of benzene rings is 1. The minimum Gasteiger partial charge on any atom is -0.323 e. The molecule has 2 aromatic rings. The van der Waals surface area contributed by atoms with E-state index in [1.165, 1.54) is 5.56 Å². The van der Waals surface area contributed by atoms with Crippen molar-refractivity contribution in [3.8, 4) is 5.69 Å². The van der Waals surface area contributed by atoms with Crippen LogP contribution in [-0.2, 0) is 0 Å². The molecule has 84 valence electrons. The molecule has 1 aromatic heterocycles. The quantitative estimate of drug-likeness (QED) is 0.919. The van der Waals surface area contributed by atoms with E-state index in [1.54, 1.807) is 6.33 Å². The molecule has 0 aliphatic carbocycles. The highest BCUT2D eigenvalue weighted by Gasteiger charge is 2.10. The summed E-state index contributed by atoms with van der Waals surface area (Å²) in [6, 6.07) is 6.08. The van der Waals surface area contributed by atoms with E-state index in [9.17, 15) is 0 Å². The molecule has 2 N–H and O–H groups in total. The predicted molar refractivity (Wildman–Crippen MR) is 68.6 cm³/mol. The van der Waals surface area contributed by atoms with E-state index in [1.807, 2.05) is 29.8 Å². The molecule has 0 amide bonds. The largest absolute Gasteiger partial charge is 0.323 e. The van der Waals surface area contributed by atoms with Gasteiger partial charge in [0, 0.05) is 10.5 Å². The molecular weight excluding hydrogens is 266 g/mol. The average Bonchev–Trinajstić information content (AvgIpc) is 2.70. The minimum atomic E-state index is -0.0270. The van der Waals surface area contributed by atoms with Crippen LogP contribution in [0.25, 0.3) is 5.69 Å². The Bertz CT molecular complexity index is 503. The lowest BCUT2D eigenvalue weighted by Crippen LogP contribution is -2.11. The van der Waals surface area contributed by atoms with Gasteiger partial charge in [-0.05, 0) is 31.5 Å². The molecule has 0 saturated carbocycles. The van der Waals surface area contributed by atoms with E-state index >= 15 is 0 Å². The first-order valence-corrected chi connectivity index (χ1v) is 5.94. The van der Waals surface area contributed by atoms with Crippen LogP contribution in [0.1, 0.15) is 24.2 Å². The summed E-state index contributed by atoms with van der Waals surface area (Å²) in [4.78, 5) is 4.16. The third kappa shape index (κ3) is 1.90. The Kier molecular flexibility index (Phi) is 3.12. The zero-order valence-corrected chi connectivity index (χ0v) is 10.9. The van der Waals surface area contributed by atoms with Gasteiger partial charge >= 0.3 is 0 Å². The van der Waals surface area contributed by atoms with Gasteiger partial charge in [-0.1, -0.05) is 22.0 Å². The fraction of sp³-hybridized carbons (Fsp3) is 0.250. The molecule has 4 heteroatoms. The van der Waals surface area contributed by atoms with Crippen molar-refractivity contribution < 1.29 is 0 Å². The van der Waals surface area contributed by atoms with E-state index < -0.39 is 0 Å². The molecule has 0 aliphatic heterocycles. The summed E-state index contributed by atoms with van der Waals surface area (Å²) in [5.74, 6) is 0. The van der Waals surface area contributed by atoms with Crippen molar-refractivity contribution in [2.24, 2.45) is 5.73 Å². The van der Waals surface area contributed by atoms with Gasteiger partial charge in [-0.15, -0.1) is 0 Å². The number of aromatic nitrogens is 2. The van der Waals surface area contributed by atoms with Gasteiger partial charge in [-0.25, -0.2) is 4.98 Å². The number of halogens is 1. The van der Waals surface area contributed by atoms with Gasteiger partial charge in [-0.2, -0.15) is 0 Å². The molecule has 16 heavy (non-hydrogen) atoms. The summed E-state index contributed by atoms with van der Waals surface area (Å²) in [6.07, 6.45) is 3.61. The number of rotatable bonds is 2. The van der Waals surface area contributed by atoms with Crippen LogP contribution < -0.4 is 5.73 Å². The van der Waals surface area contributed by atoms with Crippen molar-refractivity contribution >= 4 is 15.9 Å². The number of hydrogen-bond donors (Lipinski definition) is 1. The molecule has 0 spiro atoms. The highest BCUT2D eigenvalue weighted by atomic mass is 79.9. The highest BCUT2D eigenvalue weighted by Crippen LogP contribution is 2.24. The zero-order chi connectivity index (χ0) is 11.7. The van der Waals surface area contributed by atoms with Crippen LogP contribution in [0, 0.1) is 6.92 Å². The summed E-state index contributed by atoms with van der Waals surface area (Å²) < 4.78 is 3.12. The van der Waals surface area contributed by atoms with Gasteiger partial charge in [-0.3, -0.25) is 0 Å². The Balaban J connectivity index is 2.59. The van der Waals surface area contributed by atoms with Crippen LogP contribution in [0.2, 0.25) is 0 Å². The first-order valence-electron chi connectivity index (χ1n) is 5.14. The molecule has 0 radical (unpaired) electrons. The fourth-order valence-electron chi connectivity index (χ4n) is 1.70. The number of hydrogen-bond acceptors (Lipinski definition) is 2. The maximum absolute atomic E-state index is 5.91. The lowest BCUT2D eigenvalue weighted by atomic mass is 10.2. The topological polar surface area (TPSA) is 43.8 Å². The molecule has 1 heterocycles. The summed E-state index contributed by atoms with van der Waals surface area (Å²) in [7, 11) is 0. The molecule has 1 unspecified atom stereocenters. The molecule has 3 nitrogen and oxygen atoms in total. The van der Waals surface area contributed by atoms with E-state index in [2.05, 4.69) is 33.9 Å². The van der Waals surface area contributed by atoms with Crippen LogP contribution in [0.5, 0.6) is 0 Å². The molecule has 2 rings (SSSR count). The van der Waals surface area contributed by atoms with E-state index in [0.29, 0.717) is 0 Å². The van der Waals surface area contributed by atoms with Crippen molar-refractivity contribution in [3.05, 3.63) is 46.5 Å². The summed E-state index contributed by atoms with van der Waals surface area (Å²) in [6.45, 7) is 4.03. The van der Waals surface area contributed by atoms with Crippen LogP contribution in [-0.4, -0.2) is 9.55 Å². The number of imidazole rings is 1. The van der Waals surface area contributed by atoms with Crippen molar-refractivity contribution in [2.75, 3.05) is 0 Å². The lowest BCUT2D eigenvalue weighted by Gasteiger charge is -2.13. The number of nitrogens with two attached hydrogens (primary N) is 1.